The second-order valence-electron chi connectivity index (χ2n) is 7.02. The largest absolute Gasteiger partial charge is 0.492 e. The summed E-state index contributed by atoms with van der Waals surface area (Å²) in [5.41, 5.74) is 2.44. The summed E-state index contributed by atoms with van der Waals surface area (Å²) < 4.78 is 8.74. The Bertz CT molecular complexity index is 1220. The number of nitrogens with zero attached hydrogens (tertiary/aromatic N) is 5. The molecule has 4 aromatic rings. The smallest absolute Gasteiger partial charge is 0.252 e. The third-order valence-electron chi connectivity index (χ3n) is 4.85. The van der Waals surface area contributed by atoms with E-state index in [1.54, 1.807) is 39.2 Å². The van der Waals surface area contributed by atoms with Crippen molar-refractivity contribution in [3.8, 4) is 11.6 Å². The molecule has 0 spiro atoms. The number of anilines is 2. The second-order valence-corrected chi connectivity index (χ2v) is 7.93. The normalized spacial score (nSPS) is 16.2. The number of rotatable bonds is 5. The van der Waals surface area contributed by atoms with Gasteiger partial charge in [-0.05, 0) is 18.6 Å². The van der Waals surface area contributed by atoms with Crippen molar-refractivity contribution in [3.05, 3.63) is 41.7 Å². The number of hydrogen-bond donors (Lipinski definition) is 3. The van der Waals surface area contributed by atoms with E-state index in [0.717, 1.165) is 12.1 Å². The number of thiophene rings is 1. The molecule has 11 heteroatoms. The molecule has 1 atom stereocenters. The van der Waals surface area contributed by atoms with Crippen LogP contribution >= 0.6 is 11.3 Å². The van der Waals surface area contributed by atoms with E-state index in [9.17, 15) is 9.90 Å². The van der Waals surface area contributed by atoms with Gasteiger partial charge in [-0.2, -0.15) is 10.1 Å². The fourth-order valence-corrected chi connectivity index (χ4v) is 4.15. The number of fused-ring (bicyclic) bond motifs is 1. The van der Waals surface area contributed by atoms with Crippen molar-refractivity contribution in [3.63, 3.8) is 0 Å². The summed E-state index contributed by atoms with van der Waals surface area (Å²) in [6.45, 7) is 1.22. The first-order chi connectivity index (χ1) is 14.6. The Morgan fingerprint density at radius 3 is 3.07 bits per heavy atom. The first-order valence-electron chi connectivity index (χ1n) is 9.38. The Morgan fingerprint density at radius 2 is 2.30 bits per heavy atom. The Kier molecular flexibility index (Phi) is 4.60. The molecule has 30 heavy (non-hydrogen) atoms. The molecule has 154 valence electrons. The Balaban J connectivity index is 1.36. The predicted molar refractivity (Wildman–Crippen MR) is 112 cm³/mol. The van der Waals surface area contributed by atoms with Crippen LogP contribution in [0.5, 0.6) is 5.88 Å². The van der Waals surface area contributed by atoms with Gasteiger partial charge in [-0.15, -0.1) is 11.3 Å². The minimum atomic E-state index is -0.146. The van der Waals surface area contributed by atoms with Crippen molar-refractivity contribution in [2.75, 3.05) is 18.5 Å². The van der Waals surface area contributed by atoms with Crippen LogP contribution in [-0.2, 0) is 11.8 Å². The van der Waals surface area contributed by atoms with Crippen molar-refractivity contribution in [2.24, 2.45) is 7.05 Å². The number of nitrogens with one attached hydrogen (secondary N) is 2. The Hall–Kier alpha value is -3.44. The van der Waals surface area contributed by atoms with E-state index in [0.29, 0.717) is 34.8 Å². The highest BCUT2D eigenvalue weighted by molar-refractivity contribution is 7.14. The van der Waals surface area contributed by atoms with Gasteiger partial charge in [-0.3, -0.25) is 9.48 Å². The van der Waals surface area contributed by atoms with Gasteiger partial charge in [0.05, 0.1) is 40.6 Å². The molecule has 0 aliphatic carbocycles. The first kappa shape index (κ1) is 18.6. The highest BCUT2D eigenvalue weighted by Crippen LogP contribution is 2.29. The van der Waals surface area contributed by atoms with E-state index in [2.05, 4.69) is 25.7 Å². The summed E-state index contributed by atoms with van der Waals surface area (Å²) in [5.74, 6) is -0.0309. The molecule has 0 aromatic carbocycles. The molecule has 1 saturated heterocycles. The highest BCUT2D eigenvalue weighted by Gasteiger charge is 2.20. The van der Waals surface area contributed by atoms with Crippen LogP contribution in [-0.4, -0.2) is 54.6 Å². The molecule has 0 bridgehead atoms. The van der Waals surface area contributed by atoms with Gasteiger partial charge < -0.3 is 25.0 Å². The summed E-state index contributed by atoms with van der Waals surface area (Å²) in [4.78, 5) is 21.0. The van der Waals surface area contributed by atoms with Crippen molar-refractivity contribution >= 4 is 39.2 Å². The molecule has 0 radical (unpaired) electrons. The topological polar surface area (TPSA) is 119 Å². The lowest BCUT2D eigenvalue weighted by atomic mass is 10.2. The maximum absolute atomic E-state index is 12.4. The zero-order chi connectivity index (χ0) is 20.7. The summed E-state index contributed by atoms with van der Waals surface area (Å²) in [6, 6.07) is 3.59. The zero-order valence-electron chi connectivity index (χ0n) is 16.1. The van der Waals surface area contributed by atoms with E-state index >= 15 is 0 Å². The number of aryl methyl sites for hydroxylation is 1. The number of aromatic hydroxyl groups is 1. The van der Waals surface area contributed by atoms with Crippen LogP contribution in [0.2, 0.25) is 0 Å². The lowest BCUT2D eigenvalue weighted by Gasteiger charge is -2.09. The second kappa shape index (κ2) is 7.43. The number of carbonyl (C=O) groups excluding carboxylic acids is 1. The molecule has 4 aromatic heterocycles. The molecule has 10 nitrogen and oxygen atoms in total. The van der Waals surface area contributed by atoms with Crippen LogP contribution in [0.4, 0.5) is 10.9 Å². The molecule has 1 amide bonds. The van der Waals surface area contributed by atoms with E-state index in [-0.39, 0.29) is 23.8 Å². The van der Waals surface area contributed by atoms with Gasteiger partial charge in [0.15, 0.2) is 0 Å². The lowest BCUT2D eigenvalue weighted by molar-refractivity contribution is 0.0930. The summed E-state index contributed by atoms with van der Waals surface area (Å²) in [6.07, 6.45) is 6.16. The summed E-state index contributed by atoms with van der Waals surface area (Å²) >= 11 is 1.37. The fourth-order valence-electron chi connectivity index (χ4n) is 3.38. The van der Waals surface area contributed by atoms with Gasteiger partial charge in [0.2, 0.25) is 11.8 Å². The maximum Gasteiger partial charge on any atom is 0.252 e. The number of ether oxygens (including phenoxy) is 1. The highest BCUT2D eigenvalue weighted by atomic mass is 32.1. The first-order valence-corrected chi connectivity index (χ1v) is 10.3. The maximum atomic E-state index is 12.4. The number of aromatic nitrogens is 5. The Morgan fingerprint density at radius 1 is 1.40 bits per heavy atom. The molecule has 1 aliphatic rings. The minimum absolute atomic E-state index is 0.0559. The van der Waals surface area contributed by atoms with E-state index in [4.69, 9.17) is 4.74 Å². The summed E-state index contributed by atoms with van der Waals surface area (Å²) in [5, 5.41) is 23.2. The minimum Gasteiger partial charge on any atom is -0.492 e. The van der Waals surface area contributed by atoms with Crippen molar-refractivity contribution in [1.29, 1.82) is 0 Å². The number of hydrogen-bond acceptors (Lipinski definition) is 8. The zero-order valence-corrected chi connectivity index (χ0v) is 16.9. The van der Waals surface area contributed by atoms with E-state index in [1.165, 1.54) is 11.3 Å². The molecule has 0 saturated carbocycles. The molecule has 1 unspecified atom stereocenters. The monoisotopic (exact) mass is 425 g/mol. The van der Waals surface area contributed by atoms with Crippen LogP contribution in [0.25, 0.3) is 16.7 Å². The quantitative estimate of drug-likeness (QED) is 0.448. The van der Waals surface area contributed by atoms with Crippen molar-refractivity contribution in [1.82, 2.24) is 29.6 Å². The average Bonchev–Trinajstić information content (AvgIpc) is 3.48. The van der Waals surface area contributed by atoms with E-state index < -0.39 is 0 Å². The van der Waals surface area contributed by atoms with Crippen molar-refractivity contribution < 1.29 is 14.6 Å². The summed E-state index contributed by atoms with van der Waals surface area (Å²) in [7, 11) is 1.82. The molecule has 5 heterocycles. The van der Waals surface area contributed by atoms with Crippen LogP contribution < -0.4 is 10.6 Å². The Labute approximate surface area is 175 Å². The molecule has 1 fully saturated rings. The van der Waals surface area contributed by atoms with Crippen LogP contribution in [0.1, 0.15) is 16.8 Å². The van der Waals surface area contributed by atoms with Gasteiger partial charge >= 0.3 is 0 Å². The fraction of sp³-hybridized carbons (Fsp3) is 0.263. The lowest BCUT2D eigenvalue weighted by Crippen LogP contribution is -2.34. The standard InChI is InChI=1S/C19H19N7O3S/c1-25-8-13(7-20-25)26-4-2-14-16(26)18(28)24-19(22-14)23-15-6-11(10-30-15)17(27)21-12-3-5-29-9-12/h2,4,6-8,10,12H,3,5,9H2,1H3,(H,21,27)(H2,22,23,24,28). The number of carbonyl (C=O) groups is 1. The van der Waals surface area contributed by atoms with Gasteiger partial charge in [0.25, 0.3) is 5.91 Å². The molecule has 3 N–H and O–H groups in total. The van der Waals surface area contributed by atoms with Crippen LogP contribution in [0.15, 0.2) is 36.1 Å². The van der Waals surface area contributed by atoms with Crippen molar-refractivity contribution in [2.45, 2.75) is 12.5 Å². The van der Waals surface area contributed by atoms with Gasteiger partial charge in [-0.25, -0.2) is 4.98 Å². The molecule has 5 rings (SSSR count). The molecular formula is C19H19N7O3S. The number of amides is 1. The third kappa shape index (κ3) is 3.48. The van der Waals surface area contributed by atoms with Crippen LogP contribution in [0.3, 0.4) is 0 Å². The third-order valence-corrected chi connectivity index (χ3v) is 5.69. The average molecular weight is 425 g/mol. The van der Waals surface area contributed by atoms with Gasteiger partial charge in [0, 0.05) is 31.4 Å². The SMILES string of the molecule is Cn1cc(-n2ccc3nc(Nc4cc(C(=O)NC5CCOC5)cs4)nc(O)c32)cn1. The van der Waals surface area contributed by atoms with Gasteiger partial charge in [-0.1, -0.05) is 0 Å². The van der Waals surface area contributed by atoms with Gasteiger partial charge in [0.1, 0.15) is 5.52 Å². The van der Waals surface area contributed by atoms with Crippen LogP contribution in [0, 0.1) is 0 Å². The molecule has 1 aliphatic heterocycles. The predicted octanol–water partition coefficient (Wildman–Crippen LogP) is 2.18. The molecular weight excluding hydrogens is 406 g/mol. The van der Waals surface area contributed by atoms with E-state index in [1.807, 2.05) is 13.2 Å².